The molecule has 0 aromatic heterocycles. The van der Waals surface area contributed by atoms with Crippen LogP contribution in [0.2, 0.25) is 0 Å². The van der Waals surface area contributed by atoms with Crippen molar-refractivity contribution in [3.8, 4) is 0 Å². The molecule has 21 heavy (non-hydrogen) atoms. The number of carbonyl (C=O) groups excluding carboxylic acids is 1. The molecule has 0 aliphatic carbocycles. The van der Waals surface area contributed by atoms with Crippen LogP contribution in [-0.4, -0.2) is 69.1 Å². The van der Waals surface area contributed by atoms with Gasteiger partial charge in [0, 0.05) is 19.6 Å². The highest BCUT2D eigenvalue weighted by Crippen LogP contribution is 2.15. The highest BCUT2D eigenvalue weighted by Gasteiger charge is 2.34. The van der Waals surface area contributed by atoms with Gasteiger partial charge < -0.3 is 15.0 Å². The summed E-state index contributed by atoms with van der Waals surface area (Å²) in [5.74, 6) is 0.194. The lowest BCUT2D eigenvalue weighted by Crippen LogP contribution is -2.53. The molecule has 0 aromatic rings. The summed E-state index contributed by atoms with van der Waals surface area (Å²) in [4.78, 5) is 14.3. The molecule has 0 aromatic carbocycles. The van der Waals surface area contributed by atoms with Crippen LogP contribution in [0, 0.1) is 0 Å². The lowest BCUT2D eigenvalue weighted by molar-refractivity contribution is -0.151. The molecule has 0 radical (unpaired) electrons. The van der Waals surface area contributed by atoms with Crippen LogP contribution in [-0.2, 0) is 19.4 Å². The van der Waals surface area contributed by atoms with E-state index < -0.39 is 15.4 Å². The number of esters is 1. The SMILES string of the molecule is CCCNC(C)(CCN1CCS(=O)(=O)CC1)C(=O)OCC. The molecule has 1 unspecified atom stereocenters. The third-order valence-electron chi connectivity index (χ3n) is 3.86. The van der Waals surface area contributed by atoms with Crippen molar-refractivity contribution in [3.05, 3.63) is 0 Å². The van der Waals surface area contributed by atoms with Gasteiger partial charge in [-0.15, -0.1) is 0 Å². The van der Waals surface area contributed by atoms with Crippen LogP contribution in [0.1, 0.15) is 33.6 Å². The van der Waals surface area contributed by atoms with E-state index in [0.717, 1.165) is 13.0 Å². The van der Waals surface area contributed by atoms with E-state index in [0.29, 0.717) is 32.7 Å². The molecule has 1 atom stereocenters. The van der Waals surface area contributed by atoms with Gasteiger partial charge in [-0.1, -0.05) is 6.92 Å². The first-order valence-electron chi connectivity index (χ1n) is 7.68. The van der Waals surface area contributed by atoms with Crippen LogP contribution in [0.15, 0.2) is 0 Å². The second-order valence-corrected chi connectivity index (χ2v) is 8.03. The molecule has 0 amide bonds. The average Bonchev–Trinajstić information content (AvgIpc) is 2.44. The van der Waals surface area contributed by atoms with E-state index in [-0.39, 0.29) is 17.5 Å². The minimum atomic E-state index is -2.86. The highest BCUT2D eigenvalue weighted by molar-refractivity contribution is 7.91. The van der Waals surface area contributed by atoms with Crippen LogP contribution in [0.25, 0.3) is 0 Å². The van der Waals surface area contributed by atoms with E-state index in [1.807, 2.05) is 13.8 Å². The van der Waals surface area contributed by atoms with E-state index >= 15 is 0 Å². The monoisotopic (exact) mass is 320 g/mol. The summed E-state index contributed by atoms with van der Waals surface area (Å²) in [5, 5.41) is 3.27. The minimum absolute atomic E-state index is 0.214. The van der Waals surface area contributed by atoms with Crippen molar-refractivity contribution >= 4 is 15.8 Å². The van der Waals surface area contributed by atoms with E-state index in [2.05, 4.69) is 10.2 Å². The summed E-state index contributed by atoms with van der Waals surface area (Å²) >= 11 is 0. The molecule has 124 valence electrons. The van der Waals surface area contributed by atoms with Crippen LogP contribution >= 0.6 is 0 Å². The maximum Gasteiger partial charge on any atom is 0.326 e. The van der Waals surface area contributed by atoms with Crippen molar-refractivity contribution < 1.29 is 17.9 Å². The molecule has 1 heterocycles. The van der Waals surface area contributed by atoms with Gasteiger partial charge in [0.05, 0.1) is 18.1 Å². The Hall–Kier alpha value is -0.660. The Balaban J connectivity index is 2.55. The van der Waals surface area contributed by atoms with Crippen molar-refractivity contribution in [2.45, 2.75) is 39.2 Å². The fourth-order valence-electron chi connectivity index (χ4n) is 2.31. The number of ether oxygens (including phenoxy) is 1. The van der Waals surface area contributed by atoms with Crippen molar-refractivity contribution in [3.63, 3.8) is 0 Å². The Morgan fingerprint density at radius 1 is 1.29 bits per heavy atom. The number of hydrogen-bond acceptors (Lipinski definition) is 6. The van der Waals surface area contributed by atoms with Gasteiger partial charge in [0.1, 0.15) is 5.54 Å². The maximum atomic E-state index is 12.1. The predicted molar refractivity (Wildman–Crippen MR) is 83.0 cm³/mol. The zero-order valence-electron chi connectivity index (χ0n) is 13.4. The molecule has 1 N–H and O–H groups in total. The van der Waals surface area contributed by atoms with Crippen molar-refractivity contribution in [1.82, 2.24) is 10.2 Å². The third kappa shape index (κ3) is 5.92. The smallest absolute Gasteiger partial charge is 0.326 e. The molecule has 0 saturated carbocycles. The van der Waals surface area contributed by atoms with Crippen LogP contribution in [0.3, 0.4) is 0 Å². The number of nitrogens with one attached hydrogen (secondary N) is 1. The van der Waals surface area contributed by atoms with E-state index in [1.165, 1.54) is 0 Å². The highest BCUT2D eigenvalue weighted by atomic mass is 32.2. The van der Waals surface area contributed by atoms with Gasteiger partial charge in [0.25, 0.3) is 0 Å². The van der Waals surface area contributed by atoms with Gasteiger partial charge >= 0.3 is 5.97 Å². The van der Waals surface area contributed by atoms with Gasteiger partial charge in [0.2, 0.25) is 0 Å². The quantitative estimate of drug-likeness (QED) is 0.654. The number of rotatable bonds is 8. The number of hydrogen-bond donors (Lipinski definition) is 1. The first-order valence-corrected chi connectivity index (χ1v) is 9.50. The number of nitrogens with zero attached hydrogens (tertiary/aromatic N) is 1. The largest absolute Gasteiger partial charge is 0.465 e. The molecular formula is C14H28N2O4S. The van der Waals surface area contributed by atoms with Crippen LogP contribution < -0.4 is 5.32 Å². The predicted octanol–water partition coefficient (Wildman–Crippen LogP) is 0.428. The Bertz CT molecular complexity index is 424. The standard InChI is InChI=1S/C14H28N2O4S/c1-4-7-15-14(3,13(17)20-5-2)6-8-16-9-11-21(18,19)12-10-16/h15H,4-12H2,1-3H3. The maximum absolute atomic E-state index is 12.1. The fraction of sp³-hybridized carbons (Fsp3) is 0.929. The molecule has 1 fully saturated rings. The minimum Gasteiger partial charge on any atom is -0.465 e. The van der Waals surface area contributed by atoms with Crippen molar-refractivity contribution in [2.75, 3.05) is 44.3 Å². The molecule has 1 rings (SSSR count). The Morgan fingerprint density at radius 3 is 2.43 bits per heavy atom. The van der Waals surface area contributed by atoms with Crippen molar-refractivity contribution in [1.29, 1.82) is 0 Å². The molecule has 7 heteroatoms. The lowest BCUT2D eigenvalue weighted by Gasteiger charge is -2.33. The molecule has 1 aliphatic heterocycles. The molecule has 1 aliphatic rings. The zero-order chi connectivity index (χ0) is 15.9. The van der Waals surface area contributed by atoms with E-state index in [1.54, 1.807) is 6.92 Å². The van der Waals surface area contributed by atoms with Crippen molar-refractivity contribution in [2.24, 2.45) is 0 Å². The normalized spacial score (nSPS) is 21.7. The summed E-state index contributed by atoms with van der Waals surface area (Å²) in [6, 6.07) is 0. The van der Waals surface area contributed by atoms with E-state index in [9.17, 15) is 13.2 Å². The Kier molecular flexibility index (Phi) is 7.09. The summed E-state index contributed by atoms with van der Waals surface area (Å²) in [6.07, 6.45) is 1.56. The first kappa shape index (κ1) is 18.4. The second-order valence-electron chi connectivity index (χ2n) is 5.72. The summed E-state index contributed by atoms with van der Waals surface area (Å²) in [7, 11) is -2.86. The summed E-state index contributed by atoms with van der Waals surface area (Å²) < 4.78 is 28.0. The zero-order valence-corrected chi connectivity index (χ0v) is 14.2. The average molecular weight is 320 g/mol. The second kappa shape index (κ2) is 8.10. The summed E-state index contributed by atoms with van der Waals surface area (Å²) in [6.45, 7) is 8.63. The lowest BCUT2D eigenvalue weighted by atomic mass is 9.97. The van der Waals surface area contributed by atoms with Crippen LogP contribution in [0.4, 0.5) is 0 Å². The van der Waals surface area contributed by atoms with Gasteiger partial charge in [-0.3, -0.25) is 4.79 Å². The summed E-state index contributed by atoms with van der Waals surface area (Å²) in [5.41, 5.74) is -0.706. The van der Waals surface area contributed by atoms with E-state index in [4.69, 9.17) is 4.74 Å². The topological polar surface area (TPSA) is 75.7 Å². The molecule has 0 bridgehead atoms. The van der Waals surface area contributed by atoms with Gasteiger partial charge in [-0.25, -0.2) is 8.42 Å². The Morgan fingerprint density at radius 2 is 1.90 bits per heavy atom. The number of carbonyl (C=O) groups is 1. The molecule has 0 spiro atoms. The molecule has 6 nitrogen and oxygen atoms in total. The Labute approximate surface area is 128 Å². The molecular weight excluding hydrogens is 292 g/mol. The van der Waals surface area contributed by atoms with Gasteiger partial charge in [0.15, 0.2) is 9.84 Å². The number of sulfone groups is 1. The van der Waals surface area contributed by atoms with Crippen LogP contribution in [0.5, 0.6) is 0 Å². The fourth-order valence-corrected chi connectivity index (χ4v) is 3.59. The first-order chi connectivity index (χ1) is 9.83. The van der Waals surface area contributed by atoms with Gasteiger partial charge in [-0.05, 0) is 33.2 Å². The molecule has 1 saturated heterocycles. The third-order valence-corrected chi connectivity index (χ3v) is 5.47. The van der Waals surface area contributed by atoms with Gasteiger partial charge in [-0.2, -0.15) is 0 Å².